The van der Waals surface area contributed by atoms with Gasteiger partial charge in [0.05, 0.1) is 17.5 Å². The summed E-state index contributed by atoms with van der Waals surface area (Å²) in [5, 5.41) is 10.8. The minimum Gasteiger partial charge on any atom is -0.456 e. The van der Waals surface area contributed by atoms with E-state index >= 15 is 0 Å². The summed E-state index contributed by atoms with van der Waals surface area (Å²) in [6.45, 7) is 3.83. The van der Waals surface area contributed by atoms with Gasteiger partial charge < -0.3 is 19.0 Å². The first-order valence-corrected chi connectivity index (χ1v) is 11.3. The molecule has 0 unspecified atom stereocenters. The van der Waals surface area contributed by atoms with Crippen LogP contribution < -0.4 is 4.90 Å². The first-order chi connectivity index (χ1) is 16.9. The second kappa shape index (κ2) is 10.8. The van der Waals surface area contributed by atoms with E-state index < -0.39 is 10.9 Å². The molecule has 3 aromatic rings. The number of rotatable bonds is 8. The molecule has 2 heterocycles. The number of hydrogen-bond acceptors (Lipinski definition) is 8. The van der Waals surface area contributed by atoms with Gasteiger partial charge in [0.25, 0.3) is 11.6 Å². The second-order valence-electron chi connectivity index (χ2n) is 8.29. The lowest BCUT2D eigenvalue weighted by molar-refractivity contribution is -0.384. The van der Waals surface area contributed by atoms with Gasteiger partial charge >= 0.3 is 5.97 Å². The Morgan fingerprint density at radius 2 is 1.74 bits per heavy atom. The van der Waals surface area contributed by atoms with Crippen molar-refractivity contribution in [3.8, 4) is 11.3 Å². The quantitative estimate of drug-likeness (QED) is 0.275. The topological polar surface area (TPSA) is 119 Å². The van der Waals surface area contributed by atoms with Crippen molar-refractivity contribution in [3.63, 3.8) is 0 Å². The number of anilines is 1. The Morgan fingerprint density at radius 1 is 1.06 bits per heavy atom. The van der Waals surface area contributed by atoms with Crippen LogP contribution in [0.1, 0.15) is 17.9 Å². The van der Waals surface area contributed by atoms with Crippen LogP contribution in [0.3, 0.4) is 0 Å². The molecule has 10 heteroatoms. The van der Waals surface area contributed by atoms with Gasteiger partial charge in [0.2, 0.25) is 0 Å². The zero-order chi connectivity index (χ0) is 24.8. The Balaban J connectivity index is 1.18. The molecule has 10 nitrogen and oxygen atoms in total. The van der Waals surface area contributed by atoms with Gasteiger partial charge in [0.1, 0.15) is 0 Å². The summed E-state index contributed by atoms with van der Waals surface area (Å²) in [4.78, 5) is 42.8. The fourth-order valence-electron chi connectivity index (χ4n) is 3.79. The highest BCUT2D eigenvalue weighted by Crippen LogP contribution is 2.22. The summed E-state index contributed by atoms with van der Waals surface area (Å²) in [6.07, 6.45) is 1.98. The first-order valence-electron chi connectivity index (χ1n) is 11.3. The van der Waals surface area contributed by atoms with E-state index in [1.54, 1.807) is 23.2 Å². The number of esters is 1. The Bertz CT molecular complexity index is 1180. The number of oxazole rings is 1. The number of benzene rings is 2. The van der Waals surface area contributed by atoms with Gasteiger partial charge in [-0.2, -0.15) is 0 Å². The molecule has 1 saturated heterocycles. The van der Waals surface area contributed by atoms with Crippen LogP contribution in [0.15, 0.2) is 59.1 Å². The van der Waals surface area contributed by atoms with Gasteiger partial charge in [-0.25, -0.2) is 4.98 Å². The Morgan fingerprint density at radius 3 is 2.40 bits per heavy atom. The molecule has 0 atom stereocenters. The lowest BCUT2D eigenvalue weighted by Crippen LogP contribution is -2.49. The summed E-state index contributed by atoms with van der Waals surface area (Å²) in [6, 6.07) is 14.2. The maximum absolute atomic E-state index is 12.4. The van der Waals surface area contributed by atoms with E-state index in [2.05, 4.69) is 9.88 Å². The Kier molecular flexibility index (Phi) is 7.39. The molecule has 0 radical (unpaired) electrons. The van der Waals surface area contributed by atoms with Crippen LogP contribution in [0.4, 0.5) is 11.4 Å². The fourth-order valence-corrected chi connectivity index (χ4v) is 3.79. The summed E-state index contributed by atoms with van der Waals surface area (Å²) >= 11 is 0. The normalized spacial score (nSPS) is 13.5. The highest BCUT2D eigenvalue weighted by atomic mass is 16.6. The molecule has 0 saturated carbocycles. The number of nitro groups is 1. The van der Waals surface area contributed by atoms with E-state index in [0.29, 0.717) is 37.8 Å². The van der Waals surface area contributed by atoms with Gasteiger partial charge in [0, 0.05) is 56.0 Å². The van der Waals surface area contributed by atoms with Crippen molar-refractivity contribution in [2.24, 2.45) is 0 Å². The number of nitro benzene ring substituents is 1. The van der Waals surface area contributed by atoms with Gasteiger partial charge in [-0.3, -0.25) is 19.7 Å². The lowest BCUT2D eigenvalue weighted by Gasteiger charge is -2.36. The average molecular weight is 479 g/mol. The molecular weight excluding hydrogens is 452 g/mol. The number of carbonyl (C=O) groups excluding carboxylic acids is 2. The second-order valence-corrected chi connectivity index (χ2v) is 8.29. The monoisotopic (exact) mass is 478 g/mol. The molecule has 0 spiro atoms. The Labute approximate surface area is 202 Å². The molecule has 1 aromatic heterocycles. The number of carbonyl (C=O) groups is 2. The van der Waals surface area contributed by atoms with E-state index in [-0.39, 0.29) is 31.0 Å². The fraction of sp³-hybridized carbons (Fsp3) is 0.320. The lowest BCUT2D eigenvalue weighted by atomic mass is 10.1. The Hall–Kier alpha value is -4.21. The molecule has 1 aliphatic rings. The number of aromatic nitrogens is 1. The number of piperazine rings is 1. The minimum atomic E-state index is -0.488. The van der Waals surface area contributed by atoms with E-state index in [4.69, 9.17) is 9.15 Å². The van der Waals surface area contributed by atoms with Crippen molar-refractivity contribution in [2.45, 2.75) is 19.8 Å². The summed E-state index contributed by atoms with van der Waals surface area (Å²) in [7, 11) is 0. The van der Waals surface area contributed by atoms with Crippen molar-refractivity contribution in [1.82, 2.24) is 9.88 Å². The number of nitrogens with zero attached hydrogens (tertiary/aromatic N) is 4. The number of ether oxygens (including phenoxy) is 1. The highest BCUT2D eigenvalue weighted by molar-refractivity contribution is 5.81. The third kappa shape index (κ3) is 6.23. The zero-order valence-corrected chi connectivity index (χ0v) is 19.4. The van der Waals surface area contributed by atoms with Crippen LogP contribution in [0.25, 0.3) is 11.3 Å². The predicted molar refractivity (Wildman–Crippen MR) is 128 cm³/mol. The molecule has 0 bridgehead atoms. The smallest absolute Gasteiger partial charge is 0.306 e. The van der Waals surface area contributed by atoms with Crippen molar-refractivity contribution in [2.75, 3.05) is 37.7 Å². The molecule has 1 fully saturated rings. The maximum atomic E-state index is 12.4. The van der Waals surface area contributed by atoms with Crippen LogP contribution in [0, 0.1) is 17.0 Å². The van der Waals surface area contributed by atoms with E-state index in [9.17, 15) is 19.7 Å². The number of hydrogen-bond donors (Lipinski definition) is 0. The minimum absolute atomic E-state index is 0.0407. The summed E-state index contributed by atoms with van der Waals surface area (Å²) in [5.74, 6) is 0.333. The van der Waals surface area contributed by atoms with E-state index in [0.717, 1.165) is 16.8 Å². The van der Waals surface area contributed by atoms with Crippen molar-refractivity contribution < 1.29 is 23.7 Å². The van der Waals surface area contributed by atoms with E-state index in [1.807, 2.05) is 31.2 Å². The highest BCUT2D eigenvalue weighted by Gasteiger charge is 2.22. The molecule has 1 aliphatic heterocycles. The molecule has 35 heavy (non-hydrogen) atoms. The van der Waals surface area contributed by atoms with Gasteiger partial charge in [-0.15, -0.1) is 0 Å². The third-order valence-electron chi connectivity index (χ3n) is 5.85. The third-order valence-corrected chi connectivity index (χ3v) is 5.85. The molecule has 2 aromatic carbocycles. The molecule has 182 valence electrons. The van der Waals surface area contributed by atoms with Crippen molar-refractivity contribution >= 4 is 23.3 Å². The zero-order valence-electron chi connectivity index (χ0n) is 19.4. The van der Waals surface area contributed by atoms with Gasteiger partial charge in [-0.1, -0.05) is 29.8 Å². The van der Waals surface area contributed by atoms with Crippen molar-refractivity contribution in [1.29, 1.82) is 0 Å². The van der Waals surface area contributed by atoms with Gasteiger partial charge in [0.15, 0.2) is 18.3 Å². The molecule has 4 rings (SSSR count). The molecule has 1 amide bonds. The largest absolute Gasteiger partial charge is 0.456 e. The predicted octanol–water partition coefficient (Wildman–Crippen LogP) is 3.38. The summed E-state index contributed by atoms with van der Waals surface area (Å²) < 4.78 is 10.9. The summed E-state index contributed by atoms with van der Waals surface area (Å²) in [5.41, 5.74) is 2.97. The van der Waals surface area contributed by atoms with Crippen LogP contribution >= 0.6 is 0 Å². The average Bonchev–Trinajstić information content (AvgIpc) is 3.35. The van der Waals surface area contributed by atoms with Crippen LogP contribution in [-0.4, -0.2) is 59.5 Å². The SMILES string of the molecule is Cc1ccc(-c2cnc(CCC(=O)OCC(=O)N3CCN(c4ccc([N+](=O)[O-])cc4)CC3)o2)cc1. The van der Waals surface area contributed by atoms with Crippen LogP contribution in [0.2, 0.25) is 0 Å². The number of aryl methyl sites for hydroxylation is 2. The van der Waals surface area contributed by atoms with Crippen molar-refractivity contribution in [3.05, 3.63) is 76.3 Å². The van der Waals surface area contributed by atoms with Crippen LogP contribution in [0.5, 0.6) is 0 Å². The standard InChI is InChI=1S/C25H26N4O6/c1-18-2-4-19(5-3-18)22-16-26-23(35-22)10-11-25(31)34-17-24(30)28-14-12-27(13-15-28)20-6-8-21(9-7-20)29(32)33/h2-9,16H,10-15,17H2,1H3. The molecule has 0 aliphatic carbocycles. The maximum Gasteiger partial charge on any atom is 0.306 e. The van der Waals surface area contributed by atoms with Crippen LogP contribution in [-0.2, 0) is 20.7 Å². The van der Waals surface area contributed by atoms with E-state index in [1.165, 1.54) is 12.1 Å². The number of non-ortho nitro benzene ring substituents is 1. The molecular formula is C25H26N4O6. The number of amides is 1. The van der Waals surface area contributed by atoms with Gasteiger partial charge in [-0.05, 0) is 19.1 Å². The first kappa shape index (κ1) is 23.9. The molecule has 0 N–H and O–H groups in total.